The molecule has 1 atom stereocenters. The first-order valence-corrected chi connectivity index (χ1v) is 5.40. The van der Waals surface area contributed by atoms with Gasteiger partial charge in [-0.2, -0.15) is 0 Å². The Bertz CT molecular complexity index is 333. The van der Waals surface area contributed by atoms with Gasteiger partial charge in [0, 0.05) is 17.1 Å². The first-order valence-electron chi connectivity index (χ1n) is 5.02. The molecule has 0 fully saturated rings. The highest BCUT2D eigenvalue weighted by atomic mass is 35.5. The van der Waals surface area contributed by atoms with Crippen molar-refractivity contribution in [3.05, 3.63) is 28.8 Å². The predicted octanol–water partition coefficient (Wildman–Crippen LogP) is 0.791. The number of aliphatic hydroxyl groups is 2. The largest absolute Gasteiger partial charge is 0.490 e. The Labute approximate surface area is 99.8 Å². The third kappa shape index (κ3) is 3.98. The van der Waals surface area contributed by atoms with E-state index >= 15 is 0 Å². The zero-order chi connectivity index (χ0) is 12.0. The van der Waals surface area contributed by atoms with Crippen LogP contribution in [0.25, 0.3) is 0 Å². The summed E-state index contributed by atoms with van der Waals surface area (Å²) in [6.07, 6.45) is -0.863. The third-order valence-electron chi connectivity index (χ3n) is 2.03. The van der Waals surface area contributed by atoms with Crippen LogP contribution in [-0.4, -0.2) is 36.6 Å². The molecular weight excluding hydrogens is 230 g/mol. The van der Waals surface area contributed by atoms with E-state index in [0.29, 0.717) is 17.3 Å². The van der Waals surface area contributed by atoms with Crippen LogP contribution in [-0.2, 0) is 6.54 Å². The molecule has 0 heterocycles. The van der Waals surface area contributed by atoms with Gasteiger partial charge in [0.05, 0.1) is 6.61 Å². The Morgan fingerprint density at radius 3 is 2.88 bits per heavy atom. The molecule has 0 amide bonds. The monoisotopic (exact) mass is 245 g/mol. The van der Waals surface area contributed by atoms with Gasteiger partial charge in [0.15, 0.2) is 0 Å². The molecule has 0 saturated heterocycles. The van der Waals surface area contributed by atoms with Gasteiger partial charge in [0.1, 0.15) is 18.5 Å². The van der Waals surface area contributed by atoms with E-state index in [1.807, 2.05) is 7.05 Å². The molecule has 3 N–H and O–H groups in total. The van der Waals surface area contributed by atoms with Crippen molar-refractivity contribution in [2.24, 2.45) is 0 Å². The summed E-state index contributed by atoms with van der Waals surface area (Å²) >= 11 is 5.87. The minimum atomic E-state index is -0.863. The number of nitrogens with one attached hydrogen (secondary N) is 1. The number of aliphatic hydroxyl groups excluding tert-OH is 2. The van der Waals surface area contributed by atoms with Crippen molar-refractivity contribution < 1.29 is 14.9 Å². The average Bonchev–Trinajstić information content (AvgIpc) is 2.28. The number of ether oxygens (including phenoxy) is 1. The lowest BCUT2D eigenvalue weighted by Crippen LogP contribution is -2.22. The summed E-state index contributed by atoms with van der Waals surface area (Å²) < 4.78 is 5.39. The topological polar surface area (TPSA) is 61.7 Å². The molecule has 0 bridgehead atoms. The minimum absolute atomic E-state index is 0.0643. The molecule has 0 aliphatic heterocycles. The second-order valence-electron chi connectivity index (χ2n) is 3.43. The van der Waals surface area contributed by atoms with Crippen molar-refractivity contribution in [1.82, 2.24) is 5.32 Å². The number of halogens is 1. The van der Waals surface area contributed by atoms with Gasteiger partial charge >= 0.3 is 0 Å². The fourth-order valence-electron chi connectivity index (χ4n) is 1.26. The second-order valence-corrected chi connectivity index (χ2v) is 3.87. The molecule has 0 saturated carbocycles. The van der Waals surface area contributed by atoms with Crippen LogP contribution in [0.5, 0.6) is 5.75 Å². The van der Waals surface area contributed by atoms with Crippen LogP contribution >= 0.6 is 11.6 Å². The molecule has 4 nitrogen and oxygen atoms in total. The maximum Gasteiger partial charge on any atom is 0.124 e. The third-order valence-corrected chi connectivity index (χ3v) is 2.27. The standard InChI is InChI=1S/C11H16ClNO3/c1-13-5-8-4-9(12)2-3-11(8)16-7-10(15)6-14/h2-4,10,13-15H,5-7H2,1H3. The van der Waals surface area contributed by atoms with Crippen molar-refractivity contribution in [3.63, 3.8) is 0 Å². The zero-order valence-corrected chi connectivity index (χ0v) is 9.87. The highest BCUT2D eigenvalue weighted by Gasteiger charge is 2.07. The number of rotatable bonds is 6. The van der Waals surface area contributed by atoms with Crippen molar-refractivity contribution in [2.75, 3.05) is 20.3 Å². The number of hydrogen-bond donors (Lipinski definition) is 3. The van der Waals surface area contributed by atoms with Crippen LogP contribution in [0.4, 0.5) is 0 Å². The normalized spacial score (nSPS) is 12.5. The molecule has 0 radical (unpaired) electrons. The minimum Gasteiger partial charge on any atom is -0.490 e. The zero-order valence-electron chi connectivity index (χ0n) is 9.11. The Kier molecular flexibility index (Phi) is 5.55. The van der Waals surface area contributed by atoms with Crippen molar-refractivity contribution in [3.8, 4) is 5.75 Å². The lowest BCUT2D eigenvalue weighted by molar-refractivity contribution is 0.0533. The van der Waals surface area contributed by atoms with Crippen LogP contribution in [0.1, 0.15) is 5.56 Å². The number of benzene rings is 1. The van der Waals surface area contributed by atoms with Crippen molar-refractivity contribution in [2.45, 2.75) is 12.6 Å². The van der Waals surface area contributed by atoms with Gasteiger partial charge in [-0.15, -0.1) is 0 Å². The van der Waals surface area contributed by atoms with E-state index in [4.69, 9.17) is 21.4 Å². The Morgan fingerprint density at radius 1 is 1.50 bits per heavy atom. The summed E-state index contributed by atoms with van der Waals surface area (Å²) in [5.41, 5.74) is 0.917. The molecule has 16 heavy (non-hydrogen) atoms. The maximum atomic E-state index is 9.18. The number of hydrogen-bond acceptors (Lipinski definition) is 4. The molecule has 1 aromatic carbocycles. The first kappa shape index (κ1) is 13.3. The summed E-state index contributed by atoms with van der Waals surface area (Å²) in [5.74, 6) is 0.659. The molecule has 5 heteroatoms. The molecule has 0 aromatic heterocycles. The quantitative estimate of drug-likeness (QED) is 0.694. The summed E-state index contributed by atoms with van der Waals surface area (Å²) in [4.78, 5) is 0. The van der Waals surface area contributed by atoms with Gasteiger partial charge < -0.3 is 20.3 Å². The van der Waals surface area contributed by atoms with E-state index < -0.39 is 6.10 Å². The molecule has 90 valence electrons. The molecular formula is C11H16ClNO3. The van der Waals surface area contributed by atoms with E-state index in [2.05, 4.69) is 5.32 Å². The van der Waals surface area contributed by atoms with E-state index in [0.717, 1.165) is 5.56 Å². The Hall–Kier alpha value is -0.810. The second kappa shape index (κ2) is 6.70. The average molecular weight is 246 g/mol. The van der Waals surface area contributed by atoms with Crippen LogP contribution < -0.4 is 10.1 Å². The predicted molar refractivity (Wildman–Crippen MR) is 62.8 cm³/mol. The van der Waals surface area contributed by atoms with E-state index in [1.165, 1.54) is 0 Å². The molecule has 1 rings (SSSR count). The maximum absolute atomic E-state index is 9.18. The van der Waals surface area contributed by atoms with E-state index in [-0.39, 0.29) is 13.2 Å². The van der Waals surface area contributed by atoms with Crippen LogP contribution in [0, 0.1) is 0 Å². The molecule has 1 unspecified atom stereocenters. The van der Waals surface area contributed by atoms with Crippen molar-refractivity contribution >= 4 is 11.6 Å². The highest BCUT2D eigenvalue weighted by molar-refractivity contribution is 6.30. The Balaban J connectivity index is 2.70. The fourth-order valence-corrected chi connectivity index (χ4v) is 1.45. The lowest BCUT2D eigenvalue weighted by Gasteiger charge is -2.13. The molecule has 0 aliphatic carbocycles. The highest BCUT2D eigenvalue weighted by Crippen LogP contribution is 2.22. The molecule has 0 spiro atoms. The fraction of sp³-hybridized carbons (Fsp3) is 0.455. The lowest BCUT2D eigenvalue weighted by atomic mass is 10.2. The van der Waals surface area contributed by atoms with Gasteiger partial charge in [-0.1, -0.05) is 11.6 Å². The van der Waals surface area contributed by atoms with Crippen LogP contribution in [0.15, 0.2) is 18.2 Å². The SMILES string of the molecule is CNCc1cc(Cl)ccc1OCC(O)CO. The van der Waals surface area contributed by atoms with Gasteiger partial charge in [-0.25, -0.2) is 0 Å². The Morgan fingerprint density at radius 2 is 2.25 bits per heavy atom. The smallest absolute Gasteiger partial charge is 0.124 e. The summed E-state index contributed by atoms with van der Waals surface area (Å²) in [6.45, 7) is 0.384. The van der Waals surface area contributed by atoms with Crippen LogP contribution in [0.3, 0.4) is 0 Å². The van der Waals surface area contributed by atoms with Crippen LogP contribution in [0.2, 0.25) is 5.02 Å². The van der Waals surface area contributed by atoms with Gasteiger partial charge in [-0.3, -0.25) is 0 Å². The summed E-state index contributed by atoms with van der Waals surface area (Å²) in [7, 11) is 1.83. The summed E-state index contributed by atoms with van der Waals surface area (Å²) in [6, 6.07) is 5.28. The van der Waals surface area contributed by atoms with E-state index in [9.17, 15) is 5.11 Å². The van der Waals surface area contributed by atoms with Gasteiger partial charge in [0.2, 0.25) is 0 Å². The van der Waals surface area contributed by atoms with Crippen molar-refractivity contribution in [1.29, 1.82) is 0 Å². The molecule has 0 aliphatic rings. The summed E-state index contributed by atoms with van der Waals surface area (Å²) in [5, 5.41) is 21.5. The first-order chi connectivity index (χ1) is 7.67. The van der Waals surface area contributed by atoms with E-state index in [1.54, 1.807) is 18.2 Å². The van der Waals surface area contributed by atoms with Gasteiger partial charge in [-0.05, 0) is 25.2 Å². The van der Waals surface area contributed by atoms with Gasteiger partial charge in [0.25, 0.3) is 0 Å². The molecule has 1 aromatic rings.